The molecule has 1 aliphatic rings. The summed E-state index contributed by atoms with van der Waals surface area (Å²) in [5, 5.41) is 0. The van der Waals surface area contributed by atoms with Gasteiger partial charge in [-0.3, -0.25) is 4.79 Å². The van der Waals surface area contributed by atoms with E-state index in [0.717, 1.165) is 0 Å². The van der Waals surface area contributed by atoms with E-state index in [1.54, 1.807) is 0 Å². The first kappa shape index (κ1) is 19.3. The van der Waals surface area contributed by atoms with Gasteiger partial charge in [0, 0.05) is 5.92 Å². The van der Waals surface area contributed by atoms with Crippen molar-refractivity contribution < 1.29 is 22.2 Å². The van der Waals surface area contributed by atoms with E-state index in [0.29, 0.717) is 0 Å². The zero-order chi connectivity index (χ0) is 15.7. The fourth-order valence-electron chi connectivity index (χ4n) is 2.28. The van der Waals surface area contributed by atoms with Gasteiger partial charge in [-0.15, -0.1) is 0 Å². The summed E-state index contributed by atoms with van der Waals surface area (Å²) in [6.45, 7) is 3.66. The lowest BCUT2D eigenvalue weighted by atomic mass is 10.1. The van der Waals surface area contributed by atoms with E-state index in [-0.39, 0.29) is 0 Å². The number of hydrogen-bond acceptors (Lipinski definition) is 5. The molecule has 0 saturated heterocycles. The van der Waals surface area contributed by atoms with Gasteiger partial charge in [-0.25, -0.2) is 0 Å². The quantitative estimate of drug-likeness (QED) is 0.361. The van der Waals surface area contributed by atoms with E-state index in [2.05, 4.69) is 8.15 Å². The summed E-state index contributed by atoms with van der Waals surface area (Å²) in [5.74, 6) is -1.30. The number of hydrogen-bond donors (Lipinski definition) is 0. The maximum Gasteiger partial charge on any atom is 0.368 e. The maximum atomic E-state index is 11.7. The van der Waals surface area contributed by atoms with Gasteiger partial charge >= 0.3 is 14.6 Å². The standard InChI is InChI=1S/C9H12Cl5O5P/c1-8(2)4(5(8)7(15)16-3)6(9(10,11)12)17-20(18-13)19-14/h4-6H,1-3H3. The fourth-order valence-corrected chi connectivity index (χ4v) is 4.02. The lowest BCUT2D eigenvalue weighted by Gasteiger charge is -2.26. The molecule has 1 rings (SSSR count). The average molecular weight is 408 g/mol. The van der Waals surface area contributed by atoms with E-state index in [9.17, 15) is 4.79 Å². The van der Waals surface area contributed by atoms with E-state index in [4.69, 9.17) is 67.8 Å². The molecule has 1 saturated carbocycles. The summed E-state index contributed by atoms with van der Waals surface area (Å²) >= 11 is 28.0. The van der Waals surface area contributed by atoms with Crippen LogP contribution >= 0.6 is 67.1 Å². The third-order valence-corrected chi connectivity index (χ3v) is 5.27. The van der Waals surface area contributed by atoms with Crippen LogP contribution in [0.3, 0.4) is 0 Å². The molecule has 3 unspecified atom stereocenters. The Morgan fingerprint density at radius 2 is 1.75 bits per heavy atom. The minimum Gasteiger partial charge on any atom is -0.469 e. The first-order chi connectivity index (χ1) is 9.11. The van der Waals surface area contributed by atoms with Crippen molar-refractivity contribution in [2.45, 2.75) is 23.7 Å². The Morgan fingerprint density at radius 3 is 2.10 bits per heavy atom. The van der Waals surface area contributed by atoms with E-state index in [1.807, 2.05) is 13.8 Å². The molecule has 11 heteroatoms. The van der Waals surface area contributed by atoms with Crippen LogP contribution in [0.25, 0.3) is 0 Å². The van der Waals surface area contributed by atoms with Crippen molar-refractivity contribution >= 4 is 73.1 Å². The van der Waals surface area contributed by atoms with Crippen LogP contribution in [0.2, 0.25) is 0 Å². The minimum atomic E-state index is -2.11. The molecule has 0 bridgehead atoms. The van der Waals surface area contributed by atoms with Crippen molar-refractivity contribution in [2.24, 2.45) is 17.3 Å². The number of rotatable bonds is 6. The van der Waals surface area contributed by atoms with Crippen molar-refractivity contribution in [2.75, 3.05) is 7.11 Å². The van der Waals surface area contributed by atoms with Gasteiger partial charge in [-0.2, -0.15) is 8.15 Å². The Bertz CT molecular complexity index is 359. The number of alkyl halides is 3. The molecule has 0 aliphatic heterocycles. The molecule has 1 aliphatic carbocycles. The Morgan fingerprint density at radius 1 is 1.25 bits per heavy atom. The van der Waals surface area contributed by atoms with Gasteiger partial charge in [-0.05, 0) is 5.41 Å². The topological polar surface area (TPSA) is 54.0 Å². The zero-order valence-electron chi connectivity index (χ0n) is 10.6. The second-order valence-electron chi connectivity index (χ2n) is 4.78. The molecule has 0 N–H and O–H groups in total. The summed E-state index contributed by atoms with van der Waals surface area (Å²) < 4.78 is 17.0. The Labute approximate surface area is 143 Å². The molecule has 0 amide bonds. The Hall–Kier alpha value is 1.23. The number of ether oxygens (including phenoxy) is 1. The lowest BCUT2D eigenvalue weighted by Crippen LogP contribution is -2.32. The number of halogens is 5. The SMILES string of the molecule is COC(=O)C1C(C(OP(OCl)OCl)C(Cl)(Cl)Cl)C1(C)C. The number of esters is 1. The van der Waals surface area contributed by atoms with Crippen LogP contribution in [0.5, 0.6) is 0 Å². The third kappa shape index (κ3) is 4.15. The second kappa shape index (κ2) is 7.20. The molecule has 0 aromatic rings. The van der Waals surface area contributed by atoms with Crippen LogP contribution in [0.4, 0.5) is 0 Å². The van der Waals surface area contributed by atoms with Gasteiger partial charge in [-0.1, -0.05) is 48.7 Å². The minimum absolute atomic E-state index is 0.411. The smallest absolute Gasteiger partial charge is 0.368 e. The maximum absolute atomic E-state index is 11.7. The molecule has 3 atom stereocenters. The highest BCUT2D eigenvalue weighted by molar-refractivity contribution is 7.43. The first-order valence-electron chi connectivity index (χ1n) is 5.30. The van der Waals surface area contributed by atoms with Gasteiger partial charge in [0.2, 0.25) is 3.79 Å². The predicted molar refractivity (Wildman–Crippen MR) is 78.7 cm³/mol. The zero-order valence-corrected chi connectivity index (χ0v) is 15.3. The lowest BCUT2D eigenvalue weighted by molar-refractivity contribution is -0.143. The molecule has 118 valence electrons. The molecule has 5 nitrogen and oxygen atoms in total. The van der Waals surface area contributed by atoms with Crippen LogP contribution in [-0.4, -0.2) is 23.0 Å². The van der Waals surface area contributed by atoms with Gasteiger partial charge in [0.05, 0.1) is 36.8 Å². The van der Waals surface area contributed by atoms with Crippen molar-refractivity contribution in [1.29, 1.82) is 0 Å². The summed E-state index contributed by atoms with van der Waals surface area (Å²) in [4.78, 5) is 11.7. The predicted octanol–water partition coefficient (Wildman–Crippen LogP) is 4.75. The highest BCUT2D eigenvalue weighted by Crippen LogP contribution is 2.66. The number of carbonyl (C=O) groups is 1. The summed E-state index contributed by atoms with van der Waals surface area (Å²) in [7, 11) is -0.824. The largest absolute Gasteiger partial charge is 0.469 e. The van der Waals surface area contributed by atoms with E-state index >= 15 is 0 Å². The Balaban J connectivity index is 2.94. The van der Waals surface area contributed by atoms with Gasteiger partial charge in [0.25, 0.3) is 0 Å². The molecule has 20 heavy (non-hydrogen) atoms. The second-order valence-corrected chi connectivity index (χ2v) is 8.91. The van der Waals surface area contributed by atoms with Crippen LogP contribution < -0.4 is 0 Å². The number of methoxy groups -OCH3 is 1. The monoisotopic (exact) mass is 406 g/mol. The summed E-state index contributed by atoms with van der Waals surface area (Å²) in [6, 6.07) is 0. The Kier molecular flexibility index (Phi) is 6.94. The summed E-state index contributed by atoms with van der Waals surface area (Å²) in [6.07, 6.45) is -1.00. The van der Waals surface area contributed by atoms with Gasteiger partial charge < -0.3 is 9.26 Å². The van der Waals surface area contributed by atoms with Crippen molar-refractivity contribution in [3.63, 3.8) is 0 Å². The van der Waals surface area contributed by atoms with Gasteiger partial charge in [0.15, 0.2) is 0 Å². The number of carbonyl (C=O) groups excluding carboxylic acids is 1. The van der Waals surface area contributed by atoms with E-state index < -0.39 is 41.7 Å². The van der Waals surface area contributed by atoms with Crippen LogP contribution in [0.15, 0.2) is 0 Å². The molecular formula is C9H12Cl5O5P. The van der Waals surface area contributed by atoms with E-state index in [1.165, 1.54) is 7.11 Å². The van der Waals surface area contributed by atoms with Crippen LogP contribution in [0, 0.1) is 17.3 Å². The molecule has 0 aromatic heterocycles. The van der Waals surface area contributed by atoms with Crippen molar-refractivity contribution in [3.05, 3.63) is 0 Å². The third-order valence-electron chi connectivity index (χ3n) is 3.33. The molecule has 0 spiro atoms. The highest BCUT2D eigenvalue weighted by atomic mass is 35.6. The summed E-state index contributed by atoms with van der Waals surface area (Å²) in [5.41, 5.74) is -0.471. The molecule has 0 heterocycles. The van der Waals surface area contributed by atoms with Crippen molar-refractivity contribution in [3.8, 4) is 0 Å². The molecule has 0 radical (unpaired) electrons. The molecular weight excluding hydrogens is 396 g/mol. The first-order valence-corrected chi connectivity index (χ1v) is 8.14. The fraction of sp³-hybridized carbons (Fsp3) is 0.889. The average Bonchev–Trinajstić information content (AvgIpc) is 2.90. The van der Waals surface area contributed by atoms with Crippen molar-refractivity contribution in [1.82, 2.24) is 0 Å². The normalized spacial score (nSPS) is 26.4. The molecule has 1 fully saturated rings. The van der Waals surface area contributed by atoms with Crippen LogP contribution in [0.1, 0.15) is 13.8 Å². The highest BCUT2D eigenvalue weighted by Gasteiger charge is 2.69. The molecule has 0 aromatic carbocycles. The van der Waals surface area contributed by atoms with Gasteiger partial charge in [0.1, 0.15) is 6.10 Å². The van der Waals surface area contributed by atoms with Crippen LogP contribution in [-0.2, 0) is 22.2 Å².